The summed E-state index contributed by atoms with van der Waals surface area (Å²) in [5.41, 5.74) is 0. The second kappa shape index (κ2) is 8.21. The van der Waals surface area contributed by atoms with Gasteiger partial charge in [0.15, 0.2) is 0 Å². The molecule has 1 heterocycles. The SMILES string of the molecule is CCCN(C)C.c1ccncc1. The van der Waals surface area contributed by atoms with Crippen LogP contribution in [0.1, 0.15) is 13.3 Å². The monoisotopic (exact) mass is 166 g/mol. The third kappa shape index (κ3) is 9.11. The van der Waals surface area contributed by atoms with E-state index in [9.17, 15) is 0 Å². The van der Waals surface area contributed by atoms with Crippen LogP contribution >= 0.6 is 0 Å². The zero-order valence-electron chi connectivity index (χ0n) is 8.20. The summed E-state index contributed by atoms with van der Waals surface area (Å²) in [6, 6.07) is 5.72. The molecule has 1 rings (SSSR count). The lowest BCUT2D eigenvalue weighted by Gasteiger charge is -2.03. The van der Waals surface area contributed by atoms with Gasteiger partial charge in [-0.15, -0.1) is 0 Å². The van der Waals surface area contributed by atoms with Gasteiger partial charge in [-0.25, -0.2) is 0 Å². The predicted octanol–water partition coefficient (Wildman–Crippen LogP) is 2.04. The largest absolute Gasteiger partial charge is 0.309 e. The average molecular weight is 166 g/mol. The molecule has 0 aromatic carbocycles. The fraction of sp³-hybridized carbons (Fsp3) is 0.500. The first-order chi connectivity index (χ1) is 5.77. The van der Waals surface area contributed by atoms with Crippen LogP contribution in [-0.4, -0.2) is 30.5 Å². The lowest BCUT2D eigenvalue weighted by molar-refractivity contribution is 0.408. The summed E-state index contributed by atoms with van der Waals surface area (Å²) in [4.78, 5) is 5.97. The van der Waals surface area contributed by atoms with E-state index in [-0.39, 0.29) is 0 Å². The normalized spacial score (nSPS) is 9.00. The summed E-state index contributed by atoms with van der Waals surface area (Å²) in [7, 11) is 4.17. The molecule has 0 radical (unpaired) electrons. The first-order valence-electron chi connectivity index (χ1n) is 4.27. The van der Waals surface area contributed by atoms with Crippen molar-refractivity contribution in [3.05, 3.63) is 30.6 Å². The minimum Gasteiger partial charge on any atom is -0.309 e. The van der Waals surface area contributed by atoms with Gasteiger partial charge in [0.05, 0.1) is 0 Å². The van der Waals surface area contributed by atoms with Gasteiger partial charge in [0.2, 0.25) is 0 Å². The Morgan fingerprint density at radius 3 is 1.75 bits per heavy atom. The highest BCUT2D eigenvalue weighted by molar-refractivity contribution is 4.88. The van der Waals surface area contributed by atoms with Gasteiger partial charge in [0.1, 0.15) is 0 Å². The molecule has 0 saturated heterocycles. The van der Waals surface area contributed by atoms with E-state index in [2.05, 4.69) is 30.9 Å². The summed E-state index contributed by atoms with van der Waals surface area (Å²) in [5.74, 6) is 0. The van der Waals surface area contributed by atoms with Gasteiger partial charge < -0.3 is 4.90 Å². The quantitative estimate of drug-likeness (QED) is 0.668. The summed E-state index contributed by atoms with van der Waals surface area (Å²) >= 11 is 0. The van der Waals surface area contributed by atoms with Crippen molar-refractivity contribution in [2.24, 2.45) is 0 Å². The van der Waals surface area contributed by atoms with E-state index < -0.39 is 0 Å². The zero-order chi connectivity index (χ0) is 9.23. The predicted molar refractivity (Wildman–Crippen MR) is 53.1 cm³/mol. The van der Waals surface area contributed by atoms with Crippen molar-refractivity contribution in [3.63, 3.8) is 0 Å². The van der Waals surface area contributed by atoms with Crippen LogP contribution in [0.5, 0.6) is 0 Å². The maximum atomic E-state index is 3.78. The molecule has 0 unspecified atom stereocenters. The summed E-state index contributed by atoms with van der Waals surface area (Å²) < 4.78 is 0. The summed E-state index contributed by atoms with van der Waals surface area (Å²) in [6.45, 7) is 3.39. The molecular formula is C10H18N2. The second-order valence-corrected chi connectivity index (χ2v) is 2.83. The van der Waals surface area contributed by atoms with Crippen LogP contribution < -0.4 is 0 Å². The van der Waals surface area contributed by atoms with Gasteiger partial charge in [0, 0.05) is 12.4 Å². The van der Waals surface area contributed by atoms with Crippen molar-refractivity contribution < 1.29 is 0 Å². The van der Waals surface area contributed by atoms with Crippen molar-refractivity contribution >= 4 is 0 Å². The fourth-order valence-electron chi connectivity index (χ4n) is 0.760. The molecule has 1 aromatic rings. The van der Waals surface area contributed by atoms with Gasteiger partial charge in [-0.3, -0.25) is 4.98 Å². The van der Waals surface area contributed by atoms with Crippen LogP contribution in [-0.2, 0) is 0 Å². The molecule has 0 spiro atoms. The van der Waals surface area contributed by atoms with E-state index in [0.29, 0.717) is 0 Å². The molecule has 0 aliphatic carbocycles. The Kier molecular flexibility index (Phi) is 7.60. The molecule has 1 aromatic heterocycles. The van der Waals surface area contributed by atoms with Crippen molar-refractivity contribution in [3.8, 4) is 0 Å². The maximum absolute atomic E-state index is 3.78. The van der Waals surface area contributed by atoms with E-state index >= 15 is 0 Å². The Labute approximate surface area is 75.2 Å². The first kappa shape index (κ1) is 11.1. The maximum Gasteiger partial charge on any atom is 0.0267 e. The average Bonchev–Trinajstić information content (AvgIpc) is 2.08. The Bertz CT molecular complexity index is 134. The lowest BCUT2D eigenvalue weighted by atomic mass is 10.5. The number of nitrogens with zero attached hydrogens (tertiary/aromatic N) is 2. The number of aromatic nitrogens is 1. The Hall–Kier alpha value is -0.890. The molecule has 0 aliphatic rings. The third-order valence-electron chi connectivity index (χ3n) is 1.24. The minimum absolute atomic E-state index is 1.21. The molecule has 2 heteroatoms. The number of rotatable bonds is 2. The van der Waals surface area contributed by atoms with E-state index in [1.165, 1.54) is 13.0 Å². The minimum atomic E-state index is 1.21. The van der Waals surface area contributed by atoms with Crippen LogP contribution in [0.15, 0.2) is 30.6 Å². The molecule has 0 saturated carbocycles. The van der Waals surface area contributed by atoms with Crippen molar-refractivity contribution in [1.82, 2.24) is 9.88 Å². The van der Waals surface area contributed by atoms with Crippen molar-refractivity contribution in [2.75, 3.05) is 20.6 Å². The summed E-state index contributed by atoms with van der Waals surface area (Å²) in [6.07, 6.45) is 4.76. The van der Waals surface area contributed by atoms with E-state index in [0.717, 1.165) is 0 Å². The highest BCUT2D eigenvalue weighted by Gasteiger charge is 1.79. The van der Waals surface area contributed by atoms with E-state index in [1.54, 1.807) is 12.4 Å². The molecule has 68 valence electrons. The number of hydrogen-bond acceptors (Lipinski definition) is 2. The van der Waals surface area contributed by atoms with Gasteiger partial charge in [-0.05, 0) is 39.2 Å². The highest BCUT2D eigenvalue weighted by Crippen LogP contribution is 1.76. The highest BCUT2D eigenvalue weighted by atomic mass is 15.0. The second-order valence-electron chi connectivity index (χ2n) is 2.83. The molecule has 0 atom stereocenters. The van der Waals surface area contributed by atoms with Crippen LogP contribution in [0, 0.1) is 0 Å². The van der Waals surface area contributed by atoms with Gasteiger partial charge >= 0.3 is 0 Å². The van der Waals surface area contributed by atoms with Crippen LogP contribution in [0.25, 0.3) is 0 Å². The van der Waals surface area contributed by atoms with Crippen LogP contribution in [0.3, 0.4) is 0 Å². The lowest BCUT2D eigenvalue weighted by Crippen LogP contribution is -2.11. The van der Waals surface area contributed by atoms with Gasteiger partial charge in [-0.2, -0.15) is 0 Å². The Balaban J connectivity index is 0.000000202. The topological polar surface area (TPSA) is 16.1 Å². The smallest absolute Gasteiger partial charge is 0.0267 e. The fourth-order valence-corrected chi connectivity index (χ4v) is 0.760. The molecule has 2 nitrogen and oxygen atoms in total. The van der Waals surface area contributed by atoms with Gasteiger partial charge in [-0.1, -0.05) is 13.0 Å². The molecule has 12 heavy (non-hydrogen) atoms. The number of hydrogen-bond donors (Lipinski definition) is 0. The van der Waals surface area contributed by atoms with Crippen LogP contribution in [0.4, 0.5) is 0 Å². The van der Waals surface area contributed by atoms with Crippen LogP contribution in [0.2, 0.25) is 0 Å². The Morgan fingerprint density at radius 2 is 1.67 bits per heavy atom. The molecule has 0 fully saturated rings. The molecule has 0 bridgehead atoms. The van der Waals surface area contributed by atoms with E-state index in [4.69, 9.17) is 0 Å². The zero-order valence-corrected chi connectivity index (χ0v) is 8.20. The molecule has 0 N–H and O–H groups in total. The summed E-state index contributed by atoms with van der Waals surface area (Å²) in [5, 5.41) is 0. The number of pyridine rings is 1. The molecular weight excluding hydrogens is 148 g/mol. The first-order valence-corrected chi connectivity index (χ1v) is 4.27. The standard InChI is InChI=1S/C5H5N.C5H13N/c1-2-4-6-5-3-1;1-4-5-6(2)3/h1-5H;4-5H2,1-3H3. The molecule has 0 aliphatic heterocycles. The van der Waals surface area contributed by atoms with Crippen molar-refractivity contribution in [2.45, 2.75) is 13.3 Å². The van der Waals surface area contributed by atoms with E-state index in [1.807, 2.05) is 18.2 Å². The third-order valence-corrected chi connectivity index (χ3v) is 1.24. The van der Waals surface area contributed by atoms with Gasteiger partial charge in [0.25, 0.3) is 0 Å². The molecule has 0 amide bonds. The van der Waals surface area contributed by atoms with Crippen molar-refractivity contribution in [1.29, 1.82) is 0 Å². The Morgan fingerprint density at radius 1 is 1.08 bits per heavy atom.